The Kier molecular flexibility index (Phi) is 7.51. The van der Waals surface area contributed by atoms with Gasteiger partial charge in [-0.3, -0.25) is 4.79 Å². The highest BCUT2D eigenvalue weighted by Gasteiger charge is 2.10. The van der Waals surface area contributed by atoms with Gasteiger partial charge in [0.15, 0.2) is 5.78 Å². The van der Waals surface area contributed by atoms with Crippen LogP contribution >= 0.6 is 15.9 Å². The number of hydrogen-bond donors (Lipinski definition) is 0. The lowest BCUT2D eigenvalue weighted by Gasteiger charge is -2.15. The van der Waals surface area contributed by atoms with Crippen molar-refractivity contribution in [1.29, 1.82) is 0 Å². The molecule has 0 spiro atoms. The third-order valence-electron chi connectivity index (χ3n) is 4.25. The van der Waals surface area contributed by atoms with Gasteiger partial charge in [-0.25, -0.2) is 0 Å². The second kappa shape index (κ2) is 9.63. The molecule has 0 aromatic heterocycles. The highest BCUT2D eigenvalue weighted by Crippen LogP contribution is 2.19. The molecule has 0 aliphatic rings. The molecular formula is C21H25BrO2. The van der Waals surface area contributed by atoms with Gasteiger partial charge in [0.05, 0.1) is 6.61 Å². The Balaban J connectivity index is 1.94. The van der Waals surface area contributed by atoms with Crippen LogP contribution in [0.3, 0.4) is 0 Å². The summed E-state index contributed by atoms with van der Waals surface area (Å²) >= 11 is 3.38. The van der Waals surface area contributed by atoms with Gasteiger partial charge >= 0.3 is 0 Å². The van der Waals surface area contributed by atoms with Gasteiger partial charge in [-0.2, -0.15) is 0 Å². The van der Waals surface area contributed by atoms with Crippen LogP contribution in [0, 0.1) is 5.92 Å². The van der Waals surface area contributed by atoms with E-state index in [9.17, 15) is 4.79 Å². The lowest BCUT2D eigenvalue weighted by Crippen LogP contribution is -2.11. The highest BCUT2D eigenvalue weighted by molar-refractivity contribution is 9.10. The zero-order valence-electron chi connectivity index (χ0n) is 14.4. The first-order valence-electron chi connectivity index (χ1n) is 8.67. The molecule has 0 heterocycles. The van der Waals surface area contributed by atoms with Gasteiger partial charge in [-0.1, -0.05) is 49.0 Å². The molecule has 0 aliphatic heterocycles. The van der Waals surface area contributed by atoms with E-state index in [2.05, 4.69) is 29.8 Å². The molecule has 2 rings (SSSR count). The minimum absolute atomic E-state index is 0.0310. The zero-order valence-corrected chi connectivity index (χ0v) is 16.0. The number of rotatable bonds is 9. The van der Waals surface area contributed by atoms with Gasteiger partial charge in [0.2, 0.25) is 0 Å². The Morgan fingerprint density at radius 2 is 1.58 bits per heavy atom. The van der Waals surface area contributed by atoms with Gasteiger partial charge in [-0.05, 0) is 60.9 Å². The van der Waals surface area contributed by atoms with E-state index in [4.69, 9.17) is 4.74 Å². The Morgan fingerprint density at radius 3 is 2.12 bits per heavy atom. The van der Waals surface area contributed by atoms with E-state index in [-0.39, 0.29) is 5.78 Å². The number of unbranched alkanes of at least 4 members (excludes halogenated alkanes) is 1. The second-order valence-electron chi connectivity index (χ2n) is 6.09. The number of ether oxygens (including phenoxy) is 1. The molecule has 1 unspecified atom stereocenters. The average molecular weight is 389 g/mol. The maximum absolute atomic E-state index is 12.4. The van der Waals surface area contributed by atoms with Crippen LogP contribution in [0.1, 0.15) is 55.5 Å². The summed E-state index contributed by atoms with van der Waals surface area (Å²) in [6, 6.07) is 14.9. The third kappa shape index (κ3) is 5.48. The molecule has 128 valence electrons. The summed E-state index contributed by atoms with van der Waals surface area (Å²) < 4.78 is 6.86. The number of benzene rings is 2. The fourth-order valence-corrected chi connectivity index (χ4v) is 2.85. The quantitative estimate of drug-likeness (QED) is 0.472. The molecule has 24 heavy (non-hydrogen) atoms. The predicted molar refractivity (Wildman–Crippen MR) is 103 cm³/mol. The van der Waals surface area contributed by atoms with E-state index in [1.54, 1.807) is 0 Å². The van der Waals surface area contributed by atoms with E-state index >= 15 is 0 Å². The van der Waals surface area contributed by atoms with Gasteiger partial charge in [-0.15, -0.1) is 0 Å². The van der Waals surface area contributed by atoms with Gasteiger partial charge in [0.1, 0.15) is 5.75 Å². The summed E-state index contributed by atoms with van der Waals surface area (Å²) in [5.74, 6) is 1.47. The van der Waals surface area contributed by atoms with E-state index in [1.165, 1.54) is 19.3 Å². The van der Waals surface area contributed by atoms with Crippen LogP contribution in [0.2, 0.25) is 0 Å². The molecule has 0 saturated carbocycles. The normalized spacial score (nSPS) is 12.0. The van der Waals surface area contributed by atoms with Crippen molar-refractivity contribution in [2.75, 3.05) is 6.61 Å². The summed E-state index contributed by atoms with van der Waals surface area (Å²) in [6.45, 7) is 5.18. The topological polar surface area (TPSA) is 26.3 Å². The van der Waals surface area contributed by atoms with Crippen LogP contribution in [0.4, 0.5) is 0 Å². The molecular weight excluding hydrogens is 364 g/mol. The number of ketones is 1. The van der Waals surface area contributed by atoms with Crippen LogP contribution in [-0.4, -0.2) is 12.4 Å². The summed E-state index contributed by atoms with van der Waals surface area (Å²) in [4.78, 5) is 12.4. The maximum Gasteiger partial charge on any atom is 0.193 e. The van der Waals surface area contributed by atoms with Gasteiger partial charge in [0, 0.05) is 15.6 Å². The van der Waals surface area contributed by atoms with Crippen LogP contribution in [0.5, 0.6) is 5.75 Å². The Hall–Kier alpha value is -1.61. The molecule has 2 nitrogen and oxygen atoms in total. The van der Waals surface area contributed by atoms with Crippen LogP contribution in [0.15, 0.2) is 53.0 Å². The third-order valence-corrected chi connectivity index (χ3v) is 4.78. The van der Waals surface area contributed by atoms with Crippen molar-refractivity contribution in [3.8, 4) is 5.75 Å². The predicted octanol–water partition coefficient (Wildman–Crippen LogP) is 6.28. The van der Waals surface area contributed by atoms with Crippen molar-refractivity contribution in [1.82, 2.24) is 0 Å². The second-order valence-corrected chi connectivity index (χ2v) is 7.00. The van der Waals surface area contributed by atoms with E-state index in [0.717, 1.165) is 23.2 Å². The maximum atomic E-state index is 12.4. The van der Waals surface area contributed by atoms with Crippen molar-refractivity contribution in [2.24, 2.45) is 5.92 Å². The zero-order chi connectivity index (χ0) is 17.4. The fraction of sp³-hybridized carbons (Fsp3) is 0.381. The lowest BCUT2D eigenvalue weighted by atomic mass is 10.0. The first-order chi connectivity index (χ1) is 11.6. The molecule has 2 aromatic rings. The van der Waals surface area contributed by atoms with Crippen LogP contribution < -0.4 is 4.74 Å². The average Bonchev–Trinajstić information content (AvgIpc) is 2.62. The summed E-state index contributed by atoms with van der Waals surface area (Å²) in [5, 5.41) is 0. The van der Waals surface area contributed by atoms with Gasteiger partial charge in [0.25, 0.3) is 0 Å². The first-order valence-corrected chi connectivity index (χ1v) is 9.46. The number of hydrogen-bond acceptors (Lipinski definition) is 2. The largest absolute Gasteiger partial charge is 0.493 e. The van der Waals surface area contributed by atoms with Crippen molar-refractivity contribution >= 4 is 21.7 Å². The standard InChI is InChI=1S/C21H25BrO2/c1-3-5-6-16(4-2)15-24-20-13-9-18(10-14-20)21(23)17-7-11-19(22)12-8-17/h7-14,16H,3-6,15H2,1-2H3. The van der Waals surface area contributed by atoms with Crippen molar-refractivity contribution in [3.63, 3.8) is 0 Å². The Bertz CT molecular complexity index is 632. The highest BCUT2D eigenvalue weighted by atomic mass is 79.9. The van der Waals surface area contributed by atoms with Crippen LogP contribution in [-0.2, 0) is 0 Å². The smallest absolute Gasteiger partial charge is 0.193 e. The number of carbonyl (C=O) groups excluding carboxylic acids is 1. The number of carbonyl (C=O) groups is 1. The molecule has 0 fully saturated rings. The SMILES string of the molecule is CCCCC(CC)COc1ccc(C(=O)c2ccc(Br)cc2)cc1. The van der Waals surface area contributed by atoms with Gasteiger partial charge < -0.3 is 4.74 Å². The molecule has 0 aliphatic carbocycles. The molecule has 3 heteroatoms. The molecule has 1 atom stereocenters. The Labute approximate surface area is 153 Å². The van der Waals surface area contributed by atoms with E-state index in [1.807, 2.05) is 48.5 Å². The summed E-state index contributed by atoms with van der Waals surface area (Å²) in [7, 11) is 0. The minimum atomic E-state index is 0.0310. The van der Waals surface area contributed by atoms with Crippen LogP contribution in [0.25, 0.3) is 0 Å². The van der Waals surface area contributed by atoms with Crippen molar-refractivity contribution in [3.05, 3.63) is 64.1 Å². The molecule has 0 amide bonds. The fourth-order valence-electron chi connectivity index (χ4n) is 2.58. The lowest BCUT2D eigenvalue weighted by molar-refractivity contribution is 0.103. The first kappa shape index (κ1) is 18.7. The summed E-state index contributed by atoms with van der Waals surface area (Å²) in [6.07, 6.45) is 4.83. The minimum Gasteiger partial charge on any atom is -0.493 e. The molecule has 2 aromatic carbocycles. The molecule has 0 N–H and O–H groups in total. The molecule has 0 radical (unpaired) electrons. The van der Waals surface area contributed by atoms with E-state index in [0.29, 0.717) is 17.0 Å². The van der Waals surface area contributed by atoms with Crippen molar-refractivity contribution < 1.29 is 9.53 Å². The monoisotopic (exact) mass is 388 g/mol. The van der Waals surface area contributed by atoms with E-state index < -0.39 is 0 Å². The molecule has 0 saturated heterocycles. The molecule has 0 bridgehead atoms. The summed E-state index contributed by atoms with van der Waals surface area (Å²) in [5.41, 5.74) is 1.38. The Morgan fingerprint density at radius 1 is 1.00 bits per heavy atom. The van der Waals surface area contributed by atoms with Crippen molar-refractivity contribution in [2.45, 2.75) is 39.5 Å². The number of halogens is 1.